The number of aliphatic hydroxyl groups excluding tert-OH is 1. The predicted octanol–water partition coefficient (Wildman–Crippen LogP) is 3.75. The first-order chi connectivity index (χ1) is 22.6. The smallest absolute Gasteiger partial charge is 0.254 e. The number of nitrogens with one attached hydrogen (secondary N) is 2. The number of carbonyl (C=O) groups excluding carboxylic acids is 2. The van der Waals surface area contributed by atoms with E-state index < -0.39 is 24.1 Å². The molecule has 1 saturated heterocycles. The van der Waals surface area contributed by atoms with Crippen LogP contribution in [0.5, 0.6) is 11.6 Å². The number of likely N-dealkylation sites (N-methyl/N-ethyl adjacent to an activating group) is 1. The minimum absolute atomic E-state index is 0. The van der Waals surface area contributed by atoms with Crippen LogP contribution in [0.2, 0.25) is 0 Å². The molecule has 0 aliphatic carbocycles. The number of likely N-dealkylation sites (tertiary alicyclic amines) is 1. The lowest BCUT2D eigenvalue weighted by molar-refractivity contribution is -0.141. The number of β-amino-alcohol motifs (C(OH)–C–C–N with tert-alkyl or cyclic N) is 1. The number of rotatable bonds is 18. The van der Waals surface area contributed by atoms with Crippen LogP contribution in [-0.2, 0) is 19.1 Å². The number of aryl methyl sites for hydroxylation is 1. The number of aliphatic hydroxyl groups is 1. The van der Waals surface area contributed by atoms with Gasteiger partial charge in [0.05, 0.1) is 61.8 Å². The summed E-state index contributed by atoms with van der Waals surface area (Å²) >= 11 is 1.55. The highest BCUT2D eigenvalue weighted by molar-refractivity contribution is 7.13. The zero-order valence-electron chi connectivity index (χ0n) is 28.4. The van der Waals surface area contributed by atoms with E-state index in [4.69, 9.17) is 23.5 Å². The molecule has 0 unspecified atom stereocenters. The second kappa shape index (κ2) is 19.1. The minimum Gasteiger partial charge on any atom is -0.496 e. The average molecular weight is 710 g/mol. The molecular formula is C33H48ClN5O8S. The Kier molecular flexibility index (Phi) is 15.6. The fourth-order valence-corrected chi connectivity index (χ4v) is 6.39. The Balaban J connectivity index is 0.00000625. The first kappa shape index (κ1) is 39.2. The van der Waals surface area contributed by atoms with Crippen LogP contribution in [0.15, 0.2) is 34.3 Å². The predicted molar refractivity (Wildman–Crippen MR) is 184 cm³/mol. The monoisotopic (exact) mass is 709 g/mol. The van der Waals surface area contributed by atoms with Crippen molar-refractivity contribution in [2.45, 2.75) is 58.2 Å². The van der Waals surface area contributed by atoms with Gasteiger partial charge in [-0.2, -0.15) is 0 Å². The summed E-state index contributed by atoms with van der Waals surface area (Å²) in [5.41, 5.74) is 4.52. The molecule has 1 fully saturated rings. The fraction of sp³-hybridized carbons (Fsp3) is 0.576. The van der Waals surface area contributed by atoms with Gasteiger partial charge in [-0.25, -0.2) is 4.98 Å². The largest absolute Gasteiger partial charge is 0.496 e. The van der Waals surface area contributed by atoms with Crippen molar-refractivity contribution < 1.29 is 38.2 Å². The summed E-state index contributed by atoms with van der Waals surface area (Å²) in [6, 6.07) is 6.16. The van der Waals surface area contributed by atoms with Crippen molar-refractivity contribution in [3.63, 3.8) is 0 Å². The van der Waals surface area contributed by atoms with Crippen LogP contribution >= 0.6 is 23.7 Å². The lowest BCUT2D eigenvalue weighted by Crippen LogP contribution is -2.48. The van der Waals surface area contributed by atoms with Gasteiger partial charge in [-0.1, -0.05) is 26.0 Å². The second-order valence-corrected chi connectivity index (χ2v) is 12.7. The lowest BCUT2D eigenvalue weighted by atomic mass is 9.91. The van der Waals surface area contributed by atoms with Gasteiger partial charge in [-0.05, 0) is 43.6 Å². The molecular weight excluding hydrogens is 662 g/mol. The van der Waals surface area contributed by atoms with Crippen LogP contribution < -0.4 is 20.1 Å². The average Bonchev–Trinajstić information content (AvgIpc) is 3.79. The van der Waals surface area contributed by atoms with Gasteiger partial charge < -0.3 is 44.1 Å². The molecule has 0 bridgehead atoms. The Labute approximate surface area is 292 Å². The van der Waals surface area contributed by atoms with E-state index in [2.05, 4.69) is 20.8 Å². The molecule has 3 N–H and O–H groups in total. The number of aromatic nitrogens is 2. The third kappa shape index (κ3) is 10.1. The van der Waals surface area contributed by atoms with Gasteiger partial charge in [0.25, 0.3) is 5.88 Å². The number of ether oxygens (including phenoxy) is 4. The molecule has 13 nitrogen and oxygen atoms in total. The molecule has 4 atom stereocenters. The molecule has 1 aromatic carbocycles. The van der Waals surface area contributed by atoms with Crippen molar-refractivity contribution >= 4 is 35.6 Å². The van der Waals surface area contributed by atoms with E-state index in [1.54, 1.807) is 30.0 Å². The molecule has 4 rings (SSSR count). The highest BCUT2D eigenvalue weighted by atomic mass is 35.5. The van der Waals surface area contributed by atoms with Crippen LogP contribution in [-0.4, -0.2) is 104 Å². The van der Waals surface area contributed by atoms with Crippen molar-refractivity contribution in [3.05, 3.63) is 46.8 Å². The number of carbonyl (C=O) groups is 2. The Morgan fingerprint density at radius 2 is 1.85 bits per heavy atom. The Hall–Kier alpha value is -3.27. The number of thiazole rings is 1. The van der Waals surface area contributed by atoms with Crippen molar-refractivity contribution in [1.29, 1.82) is 0 Å². The maximum atomic E-state index is 14.0. The molecule has 2 amide bonds. The molecule has 0 saturated carbocycles. The molecule has 3 heterocycles. The number of methoxy groups -OCH3 is 1. The molecule has 3 aromatic rings. The van der Waals surface area contributed by atoms with E-state index in [1.165, 1.54) is 4.90 Å². The van der Waals surface area contributed by atoms with Crippen LogP contribution in [0.4, 0.5) is 0 Å². The zero-order valence-corrected chi connectivity index (χ0v) is 30.0. The Morgan fingerprint density at radius 3 is 2.52 bits per heavy atom. The maximum absolute atomic E-state index is 14.0. The molecule has 2 aromatic heterocycles. The van der Waals surface area contributed by atoms with E-state index in [9.17, 15) is 14.7 Å². The van der Waals surface area contributed by atoms with E-state index >= 15 is 0 Å². The summed E-state index contributed by atoms with van der Waals surface area (Å²) < 4.78 is 27.8. The lowest BCUT2D eigenvalue weighted by Gasteiger charge is -2.29. The summed E-state index contributed by atoms with van der Waals surface area (Å²) in [4.78, 5) is 34.4. The number of amides is 2. The van der Waals surface area contributed by atoms with Crippen molar-refractivity contribution in [1.82, 2.24) is 25.7 Å². The highest BCUT2D eigenvalue weighted by Gasteiger charge is 2.43. The first-order valence-electron chi connectivity index (χ1n) is 15.9. The minimum atomic E-state index is -0.857. The van der Waals surface area contributed by atoms with Crippen molar-refractivity contribution in [3.8, 4) is 22.1 Å². The van der Waals surface area contributed by atoms with Gasteiger partial charge in [0.1, 0.15) is 24.3 Å². The summed E-state index contributed by atoms with van der Waals surface area (Å²) in [6.45, 7) is 10.6. The fourth-order valence-electron chi connectivity index (χ4n) is 5.58. The van der Waals surface area contributed by atoms with E-state index in [0.717, 1.165) is 28.2 Å². The summed E-state index contributed by atoms with van der Waals surface area (Å²) in [5.74, 6) is -0.395. The molecule has 1 aliphatic rings. The molecule has 266 valence electrons. The Morgan fingerprint density at radius 1 is 1.12 bits per heavy atom. The zero-order chi connectivity index (χ0) is 33.9. The standard InChI is InChI=1S/C33H47N5O8S.ClH/c1-20(2)30(28-17-29(37-46-28)45-14-13-44-12-11-43-10-9-34-5)33(41)38-18-24(39)16-26(38)32(40)36-21(3)25-8-7-23(15-27(25)42-6)31-22(4)35-19-47-31;/h7-8,15,17,19-21,24,26,30,34,39H,9-14,16,18H2,1-6H3,(H,36,40);1H/t21-,24+,26-,30-;/m0./s1. The number of hydrogen-bond donors (Lipinski definition) is 3. The summed E-state index contributed by atoms with van der Waals surface area (Å²) in [6.07, 6.45) is -0.710. The molecule has 48 heavy (non-hydrogen) atoms. The van der Waals surface area contributed by atoms with Crippen molar-refractivity contribution in [2.75, 3.05) is 60.3 Å². The number of nitrogens with zero attached hydrogens (tertiary/aromatic N) is 3. The van der Waals surface area contributed by atoms with E-state index in [1.807, 2.05) is 52.9 Å². The topological polar surface area (TPSA) is 158 Å². The van der Waals surface area contributed by atoms with Crippen LogP contribution in [0.1, 0.15) is 56.2 Å². The summed E-state index contributed by atoms with van der Waals surface area (Å²) in [7, 11) is 3.46. The quantitative estimate of drug-likeness (QED) is 0.165. The Bertz CT molecular complexity index is 1450. The van der Waals surface area contributed by atoms with Gasteiger partial charge in [-0.3, -0.25) is 9.59 Å². The van der Waals surface area contributed by atoms with Gasteiger partial charge in [0, 0.05) is 31.1 Å². The van der Waals surface area contributed by atoms with Crippen LogP contribution in [0.3, 0.4) is 0 Å². The van der Waals surface area contributed by atoms with Crippen LogP contribution in [0.25, 0.3) is 10.4 Å². The maximum Gasteiger partial charge on any atom is 0.254 e. The van der Waals surface area contributed by atoms with Gasteiger partial charge in [0.2, 0.25) is 11.8 Å². The number of halogens is 1. The molecule has 0 spiro atoms. The third-order valence-electron chi connectivity index (χ3n) is 8.02. The van der Waals surface area contributed by atoms with Crippen molar-refractivity contribution in [2.24, 2.45) is 5.92 Å². The molecule has 1 aliphatic heterocycles. The number of hydrogen-bond acceptors (Lipinski definition) is 12. The van der Waals surface area contributed by atoms with E-state index in [-0.39, 0.29) is 55.6 Å². The first-order valence-corrected chi connectivity index (χ1v) is 16.8. The second-order valence-electron chi connectivity index (χ2n) is 11.8. The van der Waals surface area contributed by atoms with E-state index in [0.29, 0.717) is 37.9 Å². The van der Waals surface area contributed by atoms with Gasteiger partial charge in [-0.15, -0.1) is 23.7 Å². The molecule has 15 heteroatoms. The SMILES string of the molecule is CNCCOCCOCCOc1cc([C@@H](C(=O)N2C[C@H](O)C[C@H]2C(=O)N[C@@H](C)c2ccc(-c3scnc3C)cc2OC)C(C)C)on1.Cl. The molecule has 0 radical (unpaired) electrons. The van der Waals surface area contributed by atoms with Gasteiger partial charge >= 0.3 is 0 Å². The van der Waals surface area contributed by atoms with Crippen LogP contribution in [0, 0.1) is 12.8 Å². The number of benzene rings is 1. The third-order valence-corrected chi connectivity index (χ3v) is 9.00. The summed E-state index contributed by atoms with van der Waals surface area (Å²) in [5, 5.41) is 20.6. The normalized spacial score (nSPS) is 17.2. The highest BCUT2D eigenvalue weighted by Crippen LogP contribution is 2.35. The van der Waals surface area contributed by atoms with Gasteiger partial charge in [0.15, 0.2) is 5.76 Å².